The van der Waals surface area contributed by atoms with E-state index in [0.29, 0.717) is 0 Å². The SMILES string of the molecule is [CH2]CC(c1ccc2nccc(-c3c(-c4cccc(C)n4)nn4c3CCC4)c2c1)N(C)C. The van der Waals surface area contributed by atoms with Gasteiger partial charge in [-0.15, -0.1) is 0 Å². The van der Waals surface area contributed by atoms with Crippen molar-refractivity contribution in [3.05, 3.63) is 72.5 Å². The molecule has 4 aromatic rings. The van der Waals surface area contributed by atoms with Crippen molar-refractivity contribution in [2.75, 3.05) is 14.1 Å². The molecule has 4 heterocycles. The smallest absolute Gasteiger partial charge is 0.119 e. The number of aromatic nitrogens is 4. The average molecular weight is 411 g/mol. The Morgan fingerprint density at radius 2 is 2.03 bits per heavy atom. The van der Waals surface area contributed by atoms with Gasteiger partial charge >= 0.3 is 0 Å². The molecular formula is C26H28N5. The van der Waals surface area contributed by atoms with Crippen molar-refractivity contribution in [1.29, 1.82) is 0 Å². The quantitative estimate of drug-likeness (QED) is 0.451. The van der Waals surface area contributed by atoms with Gasteiger partial charge in [0.05, 0.1) is 11.2 Å². The Labute approximate surface area is 183 Å². The van der Waals surface area contributed by atoms with Crippen molar-refractivity contribution >= 4 is 10.9 Å². The van der Waals surface area contributed by atoms with Crippen LogP contribution in [0.25, 0.3) is 33.4 Å². The van der Waals surface area contributed by atoms with E-state index in [1.165, 1.54) is 22.4 Å². The summed E-state index contributed by atoms with van der Waals surface area (Å²) in [5, 5.41) is 6.17. The van der Waals surface area contributed by atoms with Gasteiger partial charge in [0.2, 0.25) is 0 Å². The van der Waals surface area contributed by atoms with Gasteiger partial charge in [-0.1, -0.05) is 19.1 Å². The van der Waals surface area contributed by atoms with Gasteiger partial charge in [0, 0.05) is 41.1 Å². The third kappa shape index (κ3) is 3.43. The molecule has 0 bridgehead atoms. The molecule has 5 heteroatoms. The van der Waals surface area contributed by atoms with Gasteiger partial charge in [-0.2, -0.15) is 5.10 Å². The zero-order valence-corrected chi connectivity index (χ0v) is 18.5. The fourth-order valence-electron chi connectivity index (χ4n) is 4.78. The summed E-state index contributed by atoms with van der Waals surface area (Å²) in [7, 11) is 4.21. The highest BCUT2D eigenvalue weighted by molar-refractivity contribution is 5.99. The molecule has 1 unspecified atom stereocenters. The van der Waals surface area contributed by atoms with Crippen molar-refractivity contribution in [1.82, 2.24) is 24.6 Å². The second-order valence-electron chi connectivity index (χ2n) is 8.56. The number of hydrogen-bond donors (Lipinski definition) is 0. The van der Waals surface area contributed by atoms with E-state index in [4.69, 9.17) is 10.1 Å². The van der Waals surface area contributed by atoms with E-state index in [2.05, 4.69) is 72.0 Å². The maximum atomic E-state index is 5.00. The molecule has 0 N–H and O–H groups in total. The summed E-state index contributed by atoms with van der Waals surface area (Å²) in [6.07, 6.45) is 4.90. The Balaban J connectivity index is 1.76. The second kappa shape index (κ2) is 7.89. The van der Waals surface area contributed by atoms with Crippen LogP contribution in [0.15, 0.2) is 48.7 Å². The molecule has 0 saturated heterocycles. The highest BCUT2D eigenvalue weighted by atomic mass is 15.3. The van der Waals surface area contributed by atoms with Crippen LogP contribution in [0.4, 0.5) is 0 Å². The number of nitrogens with zero attached hydrogens (tertiary/aromatic N) is 5. The lowest BCUT2D eigenvalue weighted by Crippen LogP contribution is -2.19. The monoisotopic (exact) mass is 410 g/mol. The van der Waals surface area contributed by atoms with Crippen LogP contribution in [0, 0.1) is 13.8 Å². The first-order valence-corrected chi connectivity index (χ1v) is 10.9. The lowest BCUT2D eigenvalue weighted by molar-refractivity contribution is 0.301. The number of pyridine rings is 2. The van der Waals surface area contributed by atoms with Crippen LogP contribution in [-0.4, -0.2) is 38.7 Å². The molecule has 1 aromatic carbocycles. The molecule has 157 valence electrons. The van der Waals surface area contributed by atoms with Crippen LogP contribution in [0.3, 0.4) is 0 Å². The van der Waals surface area contributed by atoms with Gasteiger partial charge in [-0.3, -0.25) is 14.6 Å². The topological polar surface area (TPSA) is 46.8 Å². The van der Waals surface area contributed by atoms with Crippen LogP contribution in [0.5, 0.6) is 0 Å². The predicted molar refractivity (Wildman–Crippen MR) is 126 cm³/mol. The van der Waals surface area contributed by atoms with E-state index in [9.17, 15) is 0 Å². The minimum absolute atomic E-state index is 0.272. The zero-order valence-electron chi connectivity index (χ0n) is 18.5. The van der Waals surface area contributed by atoms with Gasteiger partial charge in [-0.25, -0.2) is 0 Å². The van der Waals surface area contributed by atoms with Crippen LogP contribution in [0.1, 0.15) is 35.8 Å². The normalized spacial score (nSPS) is 14.4. The third-order valence-corrected chi connectivity index (χ3v) is 6.29. The summed E-state index contributed by atoms with van der Waals surface area (Å²) in [5.74, 6) is 0. The number of fused-ring (bicyclic) bond motifs is 2. The maximum absolute atomic E-state index is 5.00. The highest BCUT2D eigenvalue weighted by Gasteiger charge is 2.26. The lowest BCUT2D eigenvalue weighted by Gasteiger charge is -2.23. The molecule has 0 aliphatic carbocycles. The number of rotatable bonds is 5. The van der Waals surface area contributed by atoms with Gasteiger partial charge in [-0.05, 0) is 81.7 Å². The van der Waals surface area contributed by atoms with Crippen molar-refractivity contribution in [2.24, 2.45) is 0 Å². The fraction of sp³-hybridized carbons (Fsp3) is 0.308. The van der Waals surface area contributed by atoms with Crippen LogP contribution < -0.4 is 0 Å². The Morgan fingerprint density at radius 1 is 1.16 bits per heavy atom. The molecule has 1 aliphatic heterocycles. The first-order valence-electron chi connectivity index (χ1n) is 10.9. The minimum Gasteiger partial charge on any atom is -0.302 e. The summed E-state index contributed by atoms with van der Waals surface area (Å²) in [4.78, 5) is 11.7. The largest absolute Gasteiger partial charge is 0.302 e. The molecule has 0 amide bonds. The van der Waals surface area contributed by atoms with E-state index in [0.717, 1.165) is 53.8 Å². The molecule has 1 aliphatic rings. The van der Waals surface area contributed by atoms with Gasteiger partial charge in [0.15, 0.2) is 0 Å². The molecule has 5 rings (SSSR count). The second-order valence-corrected chi connectivity index (χ2v) is 8.56. The maximum Gasteiger partial charge on any atom is 0.119 e. The van der Waals surface area contributed by atoms with E-state index >= 15 is 0 Å². The zero-order chi connectivity index (χ0) is 21.5. The summed E-state index contributed by atoms with van der Waals surface area (Å²) in [6.45, 7) is 7.16. The molecule has 31 heavy (non-hydrogen) atoms. The molecule has 0 spiro atoms. The molecule has 0 fully saturated rings. The first-order chi connectivity index (χ1) is 15.1. The number of aryl methyl sites for hydroxylation is 2. The van der Waals surface area contributed by atoms with Crippen molar-refractivity contribution in [2.45, 2.75) is 38.8 Å². The Bertz CT molecular complexity index is 1250. The highest BCUT2D eigenvalue weighted by Crippen LogP contribution is 2.40. The molecule has 3 aromatic heterocycles. The average Bonchev–Trinajstić information content (AvgIpc) is 3.35. The molecule has 1 radical (unpaired) electrons. The summed E-state index contributed by atoms with van der Waals surface area (Å²) < 4.78 is 2.17. The minimum atomic E-state index is 0.272. The first kappa shape index (κ1) is 19.9. The third-order valence-electron chi connectivity index (χ3n) is 6.29. The van der Waals surface area contributed by atoms with Crippen molar-refractivity contribution in [3.63, 3.8) is 0 Å². The predicted octanol–water partition coefficient (Wildman–Crippen LogP) is 5.24. The van der Waals surface area contributed by atoms with E-state index in [-0.39, 0.29) is 6.04 Å². The summed E-state index contributed by atoms with van der Waals surface area (Å²) in [6, 6.07) is 15.2. The standard InChI is InChI=1S/C26H28N5/c1-5-23(30(3)4)18-11-12-21-20(16-18)19(13-14-27-21)25-24-10-7-15-31(24)29-26(25)22-9-6-8-17(2)28-22/h6,8-9,11-14,16,23H,1,5,7,10,15H2,2-4H3. The molecule has 5 nitrogen and oxygen atoms in total. The molecule has 1 atom stereocenters. The summed E-state index contributed by atoms with van der Waals surface area (Å²) >= 11 is 0. The molecular weight excluding hydrogens is 382 g/mol. The Hall–Kier alpha value is -3.05. The van der Waals surface area contributed by atoms with Gasteiger partial charge in [0.25, 0.3) is 0 Å². The van der Waals surface area contributed by atoms with Crippen molar-refractivity contribution in [3.8, 4) is 22.5 Å². The van der Waals surface area contributed by atoms with E-state index < -0.39 is 0 Å². The molecule has 0 saturated carbocycles. The fourth-order valence-corrected chi connectivity index (χ4v) is 4.78. The van der Waals surface area contributed by atoms with Gasteiger partial charge in [0.1, 0.15) is 5.69 Å². The van der Waals surface area contributed by atoms with Crippen LogP contribution in [-0.2, 0) is 13.0 Å². The van der Waals surface area contributed by atoms with Crippen molar-refractivity contribution < 1.29 is 0 Å². The van der Waals surface area contributed by atoms with E-state index in [1.807, 2.05) is 19.2 Å². The van der Waals surface area contributed by atoms with E-state index in [1.54, 1.807) is 0 Å². The van der Waals surface area contributed by atoms with Crippen LogP contribution >= 0.6 is 0 Å². The van der Waals surface area contributed by atoms with Crippen LogP contribution in [0.2, 0.25) is 0 Å². The Kier molecular flexibility index (Phi) is 5.06. The number of benzene rings is 1. The summed E-state index contributed by atoms with van der Waals surface area (Å²) in [5.41, 5.74) is 8.87. The lowest BCUT2D eigenvalue weighted by atomic mass is 9.94. The Morgan fingerprint density at radius 3 is 2.81 bits per heavy atom. The van der Waals surface area contributed by atoms with Gasteiger partial charge < -0.3 is 4.90 Å². The number of hydrogen-bond acceptors (Lipinski definition) is 4.